The van der Waals surface area contributed by atoms with Gasteiger partial charge in [0, 0.05) is 18.5 Å². The van der Waals surface area contributed by atoms with E-state index in [0.717, 1.165) is 5.52 Å². The predicted octanol–water partition coefficient (Wildman–Crippen LogP) is 3.30. The van der Waals surface area contributed by atoms with Crippen molar-refractivity contribution in [2.75, 3.05) is 7.11 Å². The number of methoxy groups -OCH3 is 1. The second-order valence-corrected chi connectivity index (χ2v) is 4.80. The summed E-state index contributed by atoms with van der Waals surface area (Å²) in [5.74, 6) is -0.479. The smallest absolute Gasteiger partial charge is 0.278 e. The molecule has 1 aromatic heterocycles. The Morgan fingerprint density at radius 1 is 1.32 bits per heavy atom. The highest BCUT2D eigenvalue weighted by Gasteiger charge is 2.19. The summed E-state index contributed by atoms with van der Waals surface area (Å²) in [4.78, 5) is 10.8. The Morgan fingerprint density at radius 3 is 2.73 bits per heavy atom. The van der Waals surface area contributed by atoms with Crippen LogP contribution in [0, 0.1) is 15.9 Å². The molecule has 112 valence electrons. The van der Waals surface area contributed by atoms with Crippen LogP contribution in [0.15, 0.2) is 36.5 Å². The van der Waals surface area contributed by atoms with Crippen molar-refractivity contribution in [3.05, 3.63) is 52.5 Å². The molecule has 6 nitrogen and oxygen atoms in total. The number of aromatic nitrogens is 2. The number of fused-ring (bicyclic) bond motifs is 1. The van der Waals surface area contributed by atoms with Gasteiger partial charge < -0.3 is 4.74 Å². The van der Waals surface area contributed by atoms with E-state index >= 15 is 0 Å². The zero-order valence-corrected chi connectivity index (χ0v) is 11.9. The minimum absolute atomic E-state index is 0.0908. The van der Waals surface area contributed by atoms with Crippen LogP contribution in [0.2, 0.25) is 0 Å². The van der Waals surface area contributed by atoms with Crippen LogP contribution in [0.1, 0.15) is 0 Å². The fourth-order valence-corrected chi connectivity index (χ4v) is 2.40. The predicted molar refractivity (Wildman–Crippen MR) is 79.3 cm³/mol. The maximum absolute atomic E-state index is 13.9. The fraction of sp³-hybridized carbons (Fsp3) is 0.133. The summed E-state index contributed by atoms with van der Waals surface area (Å²) in [6, 6.07) is 7.35. The van der Waals surface area contributed by atoms with Crippen LogP contribution in [-0.4, -0.2) is 21.8 Å². The molecule has 0 spiro atoms. The zero-order chi connectivity index (χ0) is 15.9. The summed E-state index contributed by atoms with van der Waals surface area (Å²) in [6.45, 7) is 0. The highest BCUT2D eigenvalue weighted by atomic mass is 19.1. The van der Waals surface area contributed by atoms with Gasteiger partial charge in [0.25, 0.3) is 5.69 Å². The fourth-order valence-electron chi connectivity index (χ4n) is 2.40. The standard InChI is InChI=1S/C15H12FN3O3/c1-18-13-7-11(9-3-4-15(22-2)12(16)5-9)14(19(20)21)6-10(13)8-17-18/h3-8H,1-2H3. The third kappa shape index (κ3) is 2.16. The maximum atomic E-state index is 13.9. The van der Waals surface area contributed by atoms with Crippen molar-refractivity contribution in [2.24, 2.45) is 7.05 Å². The molecule has 0 saturated heterocycles. The van der Waals surface area contributed by atoms with Crippen LogP contribution in [0.25, 0.3) is 22.0 Å². The van der Waals surface area contributed by atoms with E-state index < -0.39 is 10.7 Å². The van der Waals surface area contributed by atoms with Gasteiger partial charge in [-0.3, -0.25) is 14.8 Å². The first-order valence-corrected chi connectivity index (χ1v) is 6.45. The van der Waals surface area contributed by atoms with E-state index in [0.29, 0.717) is 16.5 Å². The lowest BCUT2D eigenvalue weighted by Crippen LogP contribution is -1.95. The quantitative estimate of drug-likeness (QED) is 0.550. The normalized spacial score (nSPS) is 10.9. The second kappa shape index (κ2) is 5.10. The topological polar surface area (TPSA) is 70.2 Å². The van der Waals surface area contributed by atoms with Gasteiger partial charge in [0.15, 0.2) is 11.6 Å². The molecule has 0 atom stereocenters. The first kappa shape index (κ1) is 14.0. The average Bonchev–Trinajstić information content (AvgIpc) is 2.86. The molecule has 0 unspecified atom stereocenters. The van der Waals surface area contributed by atoms with Crippen molar-refractivity contribution in [1.82, 2.24) is 9.78 Å². The number of rotatable bonds is 3. The van der Waals surface area contributed by atoms with Crippen molar-refractivity contribution in [1.29, 1.82) is 0 Å². The molecule has 0 aliphatic heterocycles. The summed E-state index contributed by atoms with van der Waals surface area (Å²) in [5.41, 5.74) is 1.39. The molecule has 0 saturated carbocycles. The number of hydrogen-bond donors (Lipinski definition) is 0. The summed E-state index contributed by atoms with van der Waals surface area (Å²) < 4.78 is 20.4. The van der Waals surface area contributed by atoms with Crippen LogP contribution < -0.4 is 4.74 Å². The maximum Gasteiger partial charge on any atom is 0.278 e. The second-order valence-electron chi connectivity index (χ2n) is 4.80. The third-order valence-corrected chi connectivity index (χ3v) is 3.52. The summed E-state index contributed by atoms with van der Waals surface area (Å²) in [5, 5.41) is 16.0. The molecule has 0 amide bonds. The van der Waals surface area contributed by atoms with Gasteiger partial charge in [-0.2, -0.15) is 5.10 Å². The molecule has 22 heavy (non-hydrogen) atoms. The van der Waals surface area contributed by atoms with Crippen LogP contribution in [0.5, 0.6) is 5.75 Å². The monoisotopic (exact) mass is 301 g/mol. The van der Waals surface area contributed by atoms with Crippen molar-refractivity contribution >= 4 is 16.6 Å². The molecular weight excluding hydrogens is 289 g/mol. The largest absolute Gasteiger partial charge is 0.494 e. The highest BCUT2D eigenvalue weighted by molar-refractivity contribution is 5.90. The van der Waals surface area contributed by atoms with Crippen molar-refractivity contribution in [3.8, 4) is 16.9 Å². The van der Waals surface area contributed by atoms with Gasteiger partial charge in [-0.1, -0.05) is 6.07 Å². The third-order valence-electron chi connectivity index (χ3n) is 3.52. The van der Waals surface area contributed by atoms with Gasteiger partial charge in [0.05, 0.1) is 29.3 Å². The number of hydrogen-bond acceptors (Lipinski definition) is 4. The molecule has 0 N–H and O–H groups in total. The Balaban J connectivity index is 2.27. The number of benzene rings is 2. The van der Waals surface area contributed by atoms with Gasteiger partial charge in [-0.15, -0.1) is 0 Å². The van der Waals surface area contributed by atoms with E-state index in [4.69, 9.17) is 4.74 Å². The van der Waals surface area contributed by atoms with Gasteiger partial charge in [-0.25, -0.2) is 4.39 Å². The molecule has 7 heteroatoms. The van der Waals surface area contributed by atoms with Crippen LogP contribution in [0.4, 0.5) is 10.1 Å². The first-order valence-electron chi connectivity index (χ1n) is 6.45. The Bertz CT molecular complexity index is 889. The Hall–Kier alpha value is -2.96. The SMILES string of the molecule is COc1ccc(-c2cc3c(cnn3C)cc2[N+](=O)[O-])cc1F. The van der Waals surface area contributed by atoms with Gasteiger partial charge in [0.2, 0.25) is 0 Å². The first-order chi connectivity index (χ1) is 10.5. The molecule has 0 aliphatic rings. The molecule has 3 aromatic rings. The lowest BCUT2D eigenvalue weighted by molar-refractivity contribution is -0.384. The van der Waals surface area contributed by atoms with Crippen LogP contribution in [-0.2, 0) is 7.05 Å². The molecular formula is C15H12FN3O3. The van der Waals surface area contributed by atoms with Crippen molar-refractivity contribution < 1.29 is 14.1 Å². The van der Waals surface area contributed by atoms with E-state index in [1.807, 2.05) is 0 Å². The molecule has 0 aliphatic carbocycles. The van der Waals surface area contributed by atoms with Crippen LogP contribution >= 0.6 is 0 Å². The molecule has 0 bridgehead atoms. The average molecular weight is 301 g/mol. The van der Waals surface area contributed by atoms with E-state index in [2.05, 4.69) is 5.10 Å². The van der Waals surface area contributed by atoms with Gasteiger partial charge in [0.1, 0.15) is 0 Å². The van der Waals surface area contributed by atoms with E-state index in [9.17, 15) is 14.5 Å². The number of nitro benzene ring substituents is 1. The number of halogens is 1. The number of aryl methyl sites for hydroxylation is 1. The minimum Gasteiger partial charge on any atom is -0.494 e. The molecule has 0 fully saturated rings. The summed E-state index contributed by atoms with van der Waals surface area (Å²) >= 11 is 0. The van der Waals surface area contributed by atoms with Crippen molar-refractivity contribution in [3.63, 3.8) is 0 Å². The Kier molecular flexibility index (Phi) is 3.25. The molecule has 2 aromatic carbocycles. The molecule has 1 heterocycles. The van der Waals surface area contributed by atoms with Gasteiger partial charge >= 0.3 is 0 Å². The van der Waals surface area contributed by atoms with E-state index in [1.165, 1.54) is 25.3 Å². The zero-order valence-electron chi connectivity index (χ0n) is 11.9. The van der Waals surface area contributed by atoms with Crippen molar-refractivity contribution in [2.45, 2.75) is 0 Å². The van der Waals surface area contributed by atoms with E-state index in [1.54, 1.807) is 30.1 Å². The molecule has 3 rings (SSSR count). The van der Waals surface area contributed by atoms with Crippen LogP contribution in [0.3, 0.4) is 0 Å². The minimum atomic E-state index is -0.570. The highest BCUT2D eigenvalue weighted by Crippen LogP contribution is 2.35. The van der Waals surface area contributed by atoms with E-state index in [-0.39, 0.29) is 11.4 Å². The lowest BCUT2D eigenvalue weighted by atomic mass is 10.0. The Morgan fingerprint density at radius 2 is 2.09 bits per heavy atom. The number of nitro groups is 1. The van der Waals surface area contributed by atoms with Gasteiger partial charge in [-0.05, 0) is 23.8 Å². The lowest BCUT2D eigenvalue weighted by Gasteiger charge is -2.07. The Labute approximate surface area is 124 Å². The summed E-state index contributed by atoms with van der Waals surface area (Å²) in [7, 11) is 3.11. The number of nitrogens with zero attached hydrogens (tertiary/aromatic N) is 3. The number of ether oxygens (including phenoxy) is 1. The molecule has 0 radical (unpaired) electrons. The summed E-state index contributed by atoms with van der Waals surface area (Å²) in [6.07, 6.45) is 1.56.